The van der Waals surface area contributed by atoms with Crippen molar-refractivity contribution in [3.05, 3.63) is 49.1 Å². The average molecular weight is 549 g/mol. The summed E-state index contributed by atoms with van der Waals surface area (Å²) < 4.78 is 15.5. The van der Waals surface area contributed by atoms with Crippen LogP contribution >= 0.6 is 0 Å². The summed E-state index contributed by atoms with van der Waals surface area (Å²) in [6.07, 6.45) is 5.58. The Morgan fingerprint density at radius 1 is 1.00 bits per heavy atom. The van der Waals surface area contributed by atoms with E-state index in [2.05, 4.69) is 75.7 Å². The monoisotopic (exact) mass is 548 g/mol. The summed E-state index contributed by atoms with van der Waals surface area (Å²) in [5.74, 6) is 0. The Labute approximate surface area is 231 Å². The van der Waals surface area contributed by atoms with Crippen LogP contribution in [0.5, 0.6) is 0 Å². The fraction of sp³-hybridized carbons (Fsp3) is 0.483. The van der Waals surface area contributed by atoms with Crippen molar-refractivity contribution in [2.24, 2.45) is 0 Å². The van der Waals surface area contributed by atoms with Crippen molar-refractivity contribution >= 4 is 36.4 Å². The maximum atomic E-state index is 12.4. The van der Waals surface area contributed by atoms with Crippen molar-refractivity contribution < 1.29 is 14.3 Å². The van der Waals surface area contributed by atoms with E-state index in [9.17, 15) is 4.79 Å². The Morgan fingerprint density at radius 2 is 1.72 bits per heavy atom. The number of carbonyl (C=O) groups is 1. The highest BCUT2D eigenvalue weighted by atomic mass is 28.3. The lowest BCUT2D eigenvalue weighted by atomic mass is 10.1. The van der Waals surface area contributed by atoms with Crippen LogP contribution in [-0.4, -0.2) is 76.6 Å². The molecule has 1 saturated heterocycles. The van der Waals surface area contributed by atoms with Gasteiger partial charge < -0.3 is 23.8 Å². The predicted molar refractivity (Wildman–Crippen MR) is 158 cm³/mol. The molecule has 1 aliphatic rings. The van der Waals surface area contributed by atoms with Gasteiger partial charge in [-0.05, 0) is 50.6 Å². The number of carbonyl (C=O) groups excluding carboxylic acids is 1. The van der Waals surface area contributed by atoms with E-state index < -0.39 is 13.7 Å². The summed E-state index contributed by atoms with van der Waals surface area (Å²) in [5, 5.41) is 4.64. The minimum absolute atomic E-state index is 0.247. The Morgan fingerprint density at radius 3 is 2.44 bits per heavy atom. The number of amides is 1. The van der Waals surface area contributed by atoms with Crippen LogP contribution in [0, 0.1) is 0 Å². The molecule has 0 radical (unpaired) electrons. The molecule has 10 heteroatoms. The molecule has 208 valence electrons. The molecule has 0 bridgehead atoms. The molecule has 0 aliphatic carbocycles. The largest absolute Gasteiger partial charge is 0.444 e. The fourth-order valence-corrected chi connectivity index (χ4v) is 5.49. The van der Waals surface area contributed by atoms with Crippen molar-refractivity contribution in [3.8, 4) is 11.1 Å². The molecule has 0 saturated carbocycles. The highest BCUT2D eigenvalue weighted by molar-refractivity contribution is 6.76. The molecule has 1 fully saturated rings. The lowest BCUT2D eigenvalue weighted by molar-refractivity contribution is 0.0240. The first-order valence-corrected chi connectivity index (χ1v) is 17.4. The van der Waals surface area contributed by atoms with Gasteiger partial charge in [-0.1, -0.05) is 31.8 Å². The van der Waals surface area contributed by atoms with Crippen LogP contribution in [-0.2, 0) is 16.2 Å². The zero-order valence-corrected chi connectivity index (χ0v) is 25.0. The number of rotatable bonds is 7. The normalized spacial score (nSPS) is 14.9. The second kappa shape index (κ2) is 10.7. The van der Waals surface area contributed by atoms with Gasteiger partial charge in [-0.15, -0.1) is 0 Å². The number of aromatic nitrogens is 4. The van der Waals surface area contributed by atoms with Crippen molar-refractivity contribution in [2.75, 3.05) is 37.7 Å². The number of imidazole rings is 1. The number of hydrogen-bond acceptors (Lipinski definition) is 6. The summed E-state index contributed by atoms with van der Waals surface area (Å²) in [7, 11) is -1.10. The van der Waals surface area contributed by atoms with Crippen LogP contribution in [0.4, 0.5) is 10.5 Å². The number of ether oxygens (including phenoxy) is 2. The molecule has 39 heavy (non-hydrogen) atoms. The van der Waals surface area contributed by atoms with E-state index in [0.717, 1.165) is 59.1 Å². The molecule has 1 amide bonds. The Hall–Kier alpha value is -3.37. The average Bonchev–Trinajstić information content (AvgIpc) is 3.48. The van der Waals surface area contributed by atoms with E-state index in [0.29, 0.717) is 19.8 Å². The second-order valence-corrected chi connectivity index (χ2v) is 18.1. The van der Waals surface area contributed by atoms with Crippen molar-refractivity contribution in [2.45, 2.75) is 58.8 Å². The van der Waals surface area contributed by atoms with Gasteiger partial charge in [-0.3, -0.25) is 0 Å². The molecule has 0 unspecified atom stereocenters. The van der Waals surface area contributed by atoms with Gasteiger partial charge in [0.05, 0.1) is 34.8 Å². The van der Waals surface area contributed by atoms with Gasteiger partial charge in [0, 0.05) is 52.6 Å². The number of fused-ring (bicyclic) bond motifs is 2. The third kappa shape index (κ3) is 6.44. The molecule has 5 rings (SSSR count). The third-order valence-corrected chi connectivity index (χ3v) is 8.65. The summed E-state index contributed by atoms with van der Waals surface area (Å²) in [4.78, 5) is 21.1. The van der Waals surface area contributed by atoms with Crippen molar-refractivity contribution in [3.63, 3.8) is 0 Å². The van der Waals surface area contributed by atoms with Crippen LogP contribution in [0.1, 0.15) is 20.8 Å². The van der Waals surface area contributed by atoms with Crippen molar-refractivity contribution in [1.29, 1.82) is 0 Å². The van der Waals surface area contributed by atoms with E-state index in [1.54, 1.807) is 4.90 Å². The maximum absolute atomic E-state index is 12.4. The maximum Gasteiger partial charge on any atom is 0.410 e. The molecular formula is C29H40N6O3Si. The van der Waals surface area contributed by atoms with E-state index in [1.165, 1.54) is 0 Å². The predicted octanol–water partition coefficient (Wildman–Crippen LogP) is 5.72. The molecule has 4 heterocycles. The Bertz CT molecular complexity index is 1460. The van der Waals surface area contributed by atoms with Crippen LogP contribution < -0.4 is 4.90 Å². The highest BCUT2D eigenvalue weighted by Crippen LogP contribution is 2.28. The molecule has 9 nitrogen and oxygen atoms in total. The minimum atomic E-state index is -1.10. The first-order chi connectivity index (χ1) is 18.5. The lowest BCUT2D eigenvalue weighted by Gasteiger charge is -2.36. The first kappa shape index (κ1) is 27.2. The number of pyridine rings is 1. The third-order valence-electron chi connectivity index (χ3n) is 6.95. The number of benzene rings is 1. The summed E-state index contributed by atoms with van der Waals surface area (Å²) in [5.41, 5.74) is 5.83. The summed E-state index contributed by atoms with van der Waals surface area (Å²) in [6, 6.07) is 11.8. The van der Waals surface area contributed by atoms with Crippen molar-refractivity contribution in [1.82, 2.24) is 24.1 Å². The minimum Gasteiger partial charge on any atom is -0.444 e. The number of anilines is 1. The van der Waals surface area contributed by atoms with Gasteiger partial charge in [-0.2, -0.15) is 5.10 Å². The van der Waals surface area contributed by atoms with Crippen LogP contribution in [0.3, 0.4) is 0 Å². The molecule has 0 N–H and O–H groups in total. The van der Waals surface area contributed by atoms with Crippen LogP contribution in [0.2, 0.25) is 25.7 Å². The molecular weight excluding hydrogens is 508 g/mol. The number of piperazine rings is 1. The topological polar surface area (TPSA) is 77.1 Å². The molecule has 1 aliphatic heterocycles. The highest BCUT2D eigenvalue weighted by Gasteiger charge is 2.27. The van der Waals surface area contributed by atoms with Crippen LogP contribution in [0.25, 0.3) is 27.7 Å². The number of hydrogen-bond donors (Lipinski definition) is 0. The van der Waals surface area contributed by atoms with Crippen LogP contribution in [0.15, 0.2) is 49.1 Å². The smallest absolute Gasteiger partial charge is 0.410 e. The number of nitrogens with zero attached hydrogens (tertiary/aromatic N) is 6. The first-order valence-electron chi connectivity index (χ1n) is 13.7. The van der Waals surface area contributed by atoms with E-state index in [-0.39, 0.29) is 6.09 Å². The summed E-state index contributed by atoms with van der Waals surface area (Å²) >= 11 is 0. The van der Waals surface area contributed by atoms with Gasteiger partial charge >= 0.3 is 6.09 Å². The fourth-order valence-electron chi connectivity index (χ4n) is 4.73. The van der Waals surface area contributed by atoms with Gasteiger partial charge in [0.15, 0.2) is 0 Å². The van der Waals surface area contributed by atoms with Gasteiger partial charge in [0.1, 0.15) is 12.3 Å². The van der Waals surface area contributed by atoms with Gasteiger partial charge in [-0.25, -0.2) is 14.3 Å². The molecule has 0 spiro atoms. The quantitative estimate of drug-likeness (QED) is 0.217. The van der Waals surface area contributed by atoms with E-state index >= 15 is 0 Å². The van der Waals surface area contributed by atoms with Gasteiger partial charge in [0.2, 0.25) is 0 Å². The Balaban J connectivity index is 1.25. The van der Waals surface area contributed by atoms with Gasteiger partial charge in [0.25, 0.3) is 0 Å². The molecule has 0 atom stereocenters. The summed E-state index contributed by atoms with van der Waals surface area (Å²) in [6.45, 7) is 16.8. The Kier molecular flexibility index (Phi) is 7.43. The standard InChI is InChI=1S/C29H40N6O3Si/c1-29(2,3)38-28(36)33-13-11-32(12-14-33)27-18-31-35-19-23(8-10-26(27)35)22-7-9-25-24(17-22)30-20-34(25)21-37-15-16-39(4,5)6/h7-10,17-20H,11-16,21H2,1-6H3. The zero-order valence-electron chi connectivity index (χ0n) is 24.0. The SMILES string of the molecule is CC(C)(C)OC(=O)N1CCN(c2cnn3cc(-c4ccc5c(c4)ncn5COCC[Si](C)(C)C)ccc23)CC1. The zero-order chi connectivity index (χ0) is 27.8. The molecule has 1 aromatic carbocycles. The second-order valence-electron chi connectivity index (χ2n) is 12.5. The molecule has 4 aromatic rings. The van der Waals surface area contributed by atoms with E-state index in [1.807, 2.05) is 37.8 Å². The molecule has 3 aromatic heterocycles. The van der Waals surface area contributed by atoms with E-state index in [4.69, 9.17) is 9.47 Å². The lowest BCUT2D eigenvalue weighted by Crippen LogP contribution is -2.50.